The van der Waals surface area contributed by atoms with Crippen LogP contribution in [0.4, 0.5) is 11.5 Å². The van der Waals surface area contributed by atoms with Crippen molar-refractivity contribution in [1.82, 2.24) is 4.98 Å². The van der Waals surface area contributed by atoms with Crippen LogP contribution < -0.4 is 5.73 Å². The molecule has 0 saturated heterocycles. The topological polar surface area (TPSA) is 102 Å². The van der Waals surface area contributed by atoms with Gasteiger partial charge in [-0.05, 0) is 6.92 Å². The summed E-state index contributed by atoms with van der Waals surface area (Å²) in [7, 11) is 0. The van der Waals surface area contributed by atoms with E-state index in [0.717, 1.165) is 6.20 Å². The monoisotopic (exact) mass is 169 g/mol. The van der Waals surface area contributed by atoms with Gasteiger partial charge in [-0.25, -0.2) is 4.98 Å². The van der Waals surface area contributed by atoms with E-state index in [1.54, 1.807) is 0 Å². The molecule has 6 nitrogen and oxygen atoms in total. The molecular weight excluding hydrogens is 162 g/mol. The Morgan fingerprint density at radius 2 is 2.33 bits per heavy atom. The average molecular weight is 169 g/mol. The highest BCUT2D eigenvalue weighted by Gasteiger charge is 2.19. The van der Waals surface area contributed by atoms with E-state index in [2.05, 4.69) is 4.98 Å². The second kappa shape index (κ2) is 2.65. The van der Waals surface area contributed by atoms with Crippen molar-refractivity contribution in [3.05, 3.63) is 21.9 Å². The summed E-state index contributed by atoms with van der Waals surface area (Å²) in [6.45, 7) is 1.41. The van der Waals surface area contributed by atoms with Crippen molar-refractivity contribution in [3.8, 4) is 5.75 Å². The van der Waals surface area contributed by atoms with E-state index in [1.807, 2.05) is 0 Å². The number of nitrogens with zero attached hydrogens (tertiary/aromatic N) is 2. The number of rotatable bonds is 1. The smallest absolute Gasteiger partial charge is 0.317 e. The summed E-state index contributed by atoms with van der Waals surface area (Å²) in [5.41, 5.74) is 5.02. The highest BCUT2D eigenvalue weighted by Crippen LogP contribution is 2.29. The Morgan fingerprint density at radius 1 is 1.75 bits per heavy atom. The fraction of sp³-hybridized carbons (Fsp3) is 0.167. The number of aromatic hydroxyl groups is 1. The quantitative estimate of drug-likeness (QED) is 0.473. The molecule has 0 bridgehead atoms. The van der Waals surface area contributed by atoms with Gasteiger partial charge < -0.3 is 10.8 Å². The molecule has 3 N–H and O–H groups in total. The van der Waals surface area contributed by atoms with Gasteiger partial charge >= 0.3 is 5.69 Å². The van der Waals surface area contributed by atoms with Crippen molar-refractivity contribution in [1.29, 1.82) is 0 Å². The minimum Gasteiger partial charge on any atom is -0.506 e. The summed E-state index contributed by atoms with van der Waals surface area (Å²) in [5.74, 6) is -0.411. The van der Waals surface area contributed by atoms with Gasteiger partial charge in [-0.1, -0.05) is 0 Å². The Morgan fingerprint density at radius 3 is 2.75 bits per heavy atom. The van der Waals surface area contributed by atoms with Crippen molar-refractivity contribution in [2.75, 3.05) is 5.73 Å². The van der Waals surface area contributed by atoms with Crippen LogP contribution in [-0.4, -0.2) is 15.0 Å². The Hall–Kier alpha value is -1.85. The summed E-state index contributed by atoms with van der Waals surface area (Å²) in [4.78, 5) is 13.1. The van der Waals surface area contributed by atoms with Crippen LogP contribution in [0.25, 0.3) is 0 Å². The van der Waals surface area contributed by atoms with E-state index in [0.29, 0.717) is 0 Å². The lowest BCUT2D eigenvalue weighted by Gasteiger charge is -2.00. The van der Waals surface area contributed by atoms with Crippen LogP contribution in [-0.2, 0) is 0 Å². The molecule has 0 fully saturated rings. The van der Waals surface area contributed by atoms with Crippen LogP contribution in [0, 0.1) is 17.0 Å². The average Bonchev–Trinajstić information content (AvgIpc) is 1.97. The predicted molar refractivity (Wildman–Crippen MR) is 41.7 cm³/mol. The first-order valence-corrected chi connectivity index (χ1v) is 3.12. The van der Waals surface area contributed by atoms with Gasteiger partial charge in [0, 0.05) is 0 Å². The molecule has 0 spiro atoms. The van der Waals surface area contributed by atoms with Crippen molar-refractivity contribution in [2.24, 2.45) is 0 Å². The number of hydrogen-bond donors (Lipinski definition) is 2. The van der Waals surface area contributed by atoms with E-state index >= 15 is 0 Å². The third-order valence-corrected chi connectivity index (χ3v) is 1.49. The van der Waals surface area contributed by atoms with Crippen molar-refractivity contribution in [3.63, 3.8) is 0 Å². The minimum absolute atomic E-state index is 0.132. The maximum atomic E-state index is 10.4. The molecule has 6 heteroatoms. The normalized spacial score (nSPS) is 9.75. The van der Waals surface area contributed by atoms with Gasteiger partial charge in [-0.2, -0.15) is 0 Å². The highest BCUT2D eigenvalue weighted by molar-refractivity contribution is 5.60. The molecule has 0 saturated carbocycles. The highest BCUT2D eigenvalue weighted by atomic mass is 16.6. The molecule has 1 aromatic rings. The second-order valence-electron chi connectivity index (χ2n) is 2.26. The molecule has 64 valence electrons. The number of pyridine rings is 1. The maximum absolute atomic E-state index is 10.4. The number of aromatic nitrogens is 1. The summed E-state index contributed by atoms with van der Waals surface area (Å²) in [6.07, 6.45) is 1.08. The lowest BCUT2D eigenvalue weighted by atomic mass is 10.2. The SMILES string of the molecule is Cc1c(O)cnc(N)c1[N+](=O)[O-]. The molecule has 1 heterocycles. The number of nitrogen functional groups attached to an aromatic ring is 1. The van der Waals surface area contributed by atoms with Crippen LogP contribution in [0.2, 0.25) is 0 Å². The van der Waals surface area contributed by atoms with E-state index in [4.69, 9.17) is 10.8 Å². The zero-order chi connectivity index (χ0) is 9.30. The maximum Gasteiger partial charge on any atom is 0.317 e. The molecule has 0 aliphatic heterocycles. The van der Waals surface area contributed by atoms with Gasteiger partial charge in [-0.15, -0.1) is 0 Å². The van der Waals surface area contributed by atoms with Crippen LogP contribution in [0.1, 0.15) is 5.56 Å². The summed E-state index contributed by atoms with van der Waals surface area (Å²) in [6, 6.07) is 0. The zero-order valence-electron chi connectivity index (χ0n) is 6.31. The molecule has 1 aromatic heterocycles. The lowest BCUT2D eigenvalue weighted by Crippen LogP contribution is -2.00. The molecule has 0 aliphatic carbocycles. The van der Waals surface area contributed by atoms with Gasteiger partial charge in [0.2, 0.25) is 5.82 Å². The lowest BCUT2D eigenvalue weighted by molar-refractivity contribution is -0.384. The van der Waals surface area contributed by atoms with Gasteiger partial charge in [0.05, 0.1) is 16.7 Å². The van der Waals surface area contributed by atoms with Crippen molar-refractivity contribution < 1.29 is 10.0 Å². The molecule has 12 heavy (non-hydrogen) atoms. The van der Waals surface area contributed by atoms with E-state index in [1.165, 1.54) is 6.92 Å². The Labute approximate surface area is 67.8 Å². The number of anilines is 1. The minimum atomic E-state index is -0.669. The second-order valence-corrected chi connectivity index (χ2v) is 2.26. The molecule has 0 unspecified atom stereocenters. The van der Waals surface area contributed by atoms with Crippen LogP contribution in [0.3, 0.4) is 0 Å². The van der Waals surface area contributed by atoms with Gasteiger partial charge in [-0.3, -0.25) is 10.1 Å². The summed E-state index contributed by atoms with van der Waals surface area (Å²) < 4.78 is 0. The number of nitrogens with two attached hydrogens (primary N) is 1. The molecule has 0 amide bonds. The van der Waals surface area contributed by atoms with Gasteiger partial charge in [0.1, 0.15) is 5.75 Å². The Kier molecular flexibility index (Phi) is 1.82. The molecule has 1 rings (SSSR count). The Bertz CT molecular complexity index is 337. The standard InChI is InChI=1S/C6H7N3O3/c1-3-4(10)2-8-6(7)5(3)9(11)12/h2,10H,1H3,(H2,7,8). The molecular formula is C6H7N3O3. The van der Waals surface area contributed by atoms with Crippen LogP contribution in [0.5, 0.6) is 5.75 Å². The molecule has 0 radical (unpaired) electrons. The third kappa shape index (κ3) is 1.14. The van der Waals surface area contributed by atoms with Crippen LogP contribution in [0.15, 0.2) is 6.20 Å². The fourth-order valence-corrected chi connectivity index (χ4v) is 0.833. The van der Waals surface area contributed by atoms with Gasteiger partial charge in [0.15, 0.2) is 0 Å². The van der Waals surface area contributed by atoms with E-state index in [9.17, 15) is 10.1 Å². The first-order chi connectivity index (χ1) is 5.54. The number of hydrogen-bond acceptors (Lipinski definition) is 5. The number of nitro groups is 1. The first-order valence-electron chi connectivity index (χ1n) is 3.12. The largest absolute Gasteiger partial charge is 0.506 e. The van der Waals surface area contributed by atoms with E-state index in [-0.39, 0.29) is 22.8 Å². The fourth-order valence-electron chi connectivity index (χ4n) is 0.833. The van der Waals surface area contributed by atoms with Crippen LogP contribution >= 0.6 is 0 Å². The Balaban J connectivity index is 3.43. The van der Waals surface area contributed by atoms with Crippen molar-refractivity contribution >= 4 is 11.5 Å². The summed E-state index contributed by atoms with van der Waals surface area (Å²) in [5, 5.41) is 19.4. The van der Waals surface area contributed by atoms with E-state index < -0.39 is 4.92 Å². The molecule has 0 atom stereocenters. The zero-order valence-corrected chi connectivity index (χ0v) is 6.31. The van der Waals surface area contributed by atoms with Crippen molar-refractivity contribution in [2.45, 2.75) is 6.92 Å². The third-order valence-electron chi connectivity index (χ3n) is 1.49. The predicted octanol–water partition coefficient (Wildman–Crippen LogP) is 0.586. The molecule has 0 aliphatic rings. The molecule has 0 aromatic carbocycles. The van der Waals surface area contributed by atoms with Gasteiger partial charge in [0.25, 0.3) is 0 Å². The summed E-state index contributed by atoms with van der Waals surface area (Å²) >= 11 is 0. The first kappa shape index (κ1) is 8.25.